The minimum absolute atomic E-state index is 0.319. The van der Waals surface area contributed by atoms with Gasteiger partial charge >= 0.3 is 0 Å². The van der Waals surface area contributed by atoms with E-state index in [-0.39, 0.29) is 11.7 Å². The first kappa shape index (κ1) is 16.8. The van der Waals surface area contributed by atoms with Gasteiger partial charge in [0.1, 0.15) is 5.82 Å². The average Bonchev–Trinajstić information content (AvgIpc) is 3.16. The summed E-state index contributed by atoms with van der Waals surface area (Å²) in [5.74, 6) is 0.144. The highest BCUT2D eigenvalue weighted by molar-refractivity contribution is 14.1. The van der Waals surface area contributed by atoms with E-state index in [9.17, 15) is 9.18 Å². The van der Waals surface area contributed by atoms with Crippen molar-refractivity contribution < 1.29 is 9.18 Å². The number of nitrogens with zero attached hydrogens (tertiary/aromatic N) is 2. The van der Waals surface area contributed by atoms with Gasteiger partial charge in [0.05, 0.1) is 5.56 Å². The molecule has 2 heterocycles. The second-order valence-corrected chi connectivity index (χ2v) is 8.71. The van der Waals surface area contributed by atoms with Crippen LogP contribution in [0.4, 0.5) is 9.52 Å². The van der Waals surface area contributed by atoms with Crippen molar-refractivity contribution in [3.63, 3.8) is 0 Å². The fraction of sp³-hybridized carbons (Fsp3) is 0.0714. The highest BCUT2D eigenvalue weighted by Gasteiger charge is 2.14. The van der Waals surface area contributed by atoms with Gasteiger partial charge in [-0.15, -0.1) is 21.5 Å². The van der Waals surface area contributed by atoms with Crippen LogP contribution in [0.25, 0.3) is 0 Å². The van der Waals surface area contributed by atoms with E-state index in [1.165, 1.54) is 34.4 Å². The van der Waals surface area contributed by atoms with Gasteiger partial charge in [-0.2, -0.15) is 0 Å². The molecule has 4 nitrogen and oxygen atoms in total. The number of benzene rings is 1. The second-order valence-electron chi connectivity index (χ2n) is 4.32. The lowest BCUT2D eigenvalue weighted by molar-refractivity contribution is 0.102. The Morgan fingerprint density at radius 2 is 2.22 bits per heavy atom. The molecule has 0 aliphatic rings. The fourth-order valence-electron chi connectivity index (χ4n) is 1.68. The molecule has 118 valence electrons. The standard InChI is InChI=1S/C14H9FIN3OS3/c15-8-3-4-10(11(16)6-8)12(20)17-13-18-19-14(23-13)22-7-9-2-1-5-21-9/h1-6H,7H2,(H,17,18,20). The maximum absolute atomic E-state index is 13.1. The fourth-order valence-corrected chi connectivity index (χ4v) is 4.93. The number of nitrogens with one attached hydrogen (secondary N) is 1. The molecule has 0 atom stereocenters. The third-order valence-corrected chi connectivity index (χ3v) is 6.69. The van der Waals surface area contributed by atoms with Crippen molar-refractivity contribution in [3.05, 3.63) is 55.5 Å². The number of hydrogen-bond acceptors (Lipinski definition) is 6. The predicted molar refractivity (Wildman–Crippen MR) is 101 cm³/mol. The quantitative estimate of drug-likeness (QED) is 0.323. The van der Waals surface area contributed by atoms with Crippen molar-refractivity contribution in [1.29, 1.82) is 0 Å². The number of rotatable bonds is 5. The summed E-state index contributed by atoms with van der Waals surface area (Å²) in [5.41, 5.74) is 0.412. The molecule has 3 rings (SSSR count). The summed E-state index contributed by atoms with van der Waals surface area (Å²) in [6, 6.07) is 8.12. The molecule has 1 N–H and O–H groups in total. The molecular formula is C14H9FIN3OS3. The molecule has 0 radical (unpaired) electrons. The van der Waals surface area contributed by atoms with E-state index in [1.54, 1.807) is 23.1 Å². The molecule has 1 aromatic carbocycles. The van der Waals surface area contributed by atoms with E-state index in [1.807, 2.05) is 34.0 Å². The summed E-state index contributed by atoms with van der Waals surface area (Å²) in [6.45, 7) is 0. The van der Waals surface area contributed by atoms with Crippen LogP contribution in [-0.2, 0) is 5.75 Å². The lowest BCUT2D eigenvalue weighted by Gasteiger charge is -2.03. The summed E-state index contributed by atoms with van der Waals surface area (Å²) in [7, 11) is 0. The number of aromatic nitrogens is 2. The minimum Gasteiger partial charge on any atom is -0.296 e. The molecule has 0 aliphatic heterocycles. The van der Waals surface area contributed by atoms with E-state index in [4.69, 9.17) is 0 Å². The maximum atomic E-state index is 13.1. The van der Waals surface area contributed by atoms with Gasteiger partial charge in [0, 0.05) is 14.2 Å². The number of thioether (sulfide) groups is 1. The van der Waals surface area contributed by atoms with Crippen LogP contribution in [0.15, 0.2) is 40.1 Å². The second kappa shape index (κ2) is 7.69. The molecule has 0 saturated heterocycles. The third-order valence-electron chi connectivity index (χ3n) is 2.72. The monoisotopic (exact) mass is 477 g/mol. The minimum atomic E-state index is -0.367. The highest BCUT2D eigenvalue weighted by Crippen LogP contribution is 2.29. The Labute approximate surface area is 157 Å². The molecule has 0 bridgehead atoms. The number of thiophene rings is 1. The Balaban J connectivity index is 1.63. The summed E-state index contributed by atoms with van der Waals surface area (Å²) in [4.78, 5) is 13.5. The summed E-state index contributed by atoms with van der Waals surface area (Å²) < 4.78 is 14.4. The normalized spacial score (nSPS) is 10.7. The molecule has 23 heavy (non-hydrogen) atoms. The topological polar surface area (TPSA) is 54.9 Å². The average molecular weight is 477 g/mol. The molecule has 1 amide bonds. The van der Waals surface area contributed by atoms with Crippen LogP contribution in [0, 0.1) is 9.39 Å². The van der Waals surface area contributed by atoms with Crippen LogP contribution >= 0.6 is 57.0 Å². The lowest BCUT2D eigenvalue weighted by Crippen LogP contribution is -2.13. The molecule has 9 heteroatoms. The van der Waals surface area contributed by atoms with Crippen molar-refractivity contribution in [3.8, 4) is 0 Å². The summed E-state index contributed by atoms with van der Waals surface area (Å²) >= 11 is 6.53. The van der Waals surface area contributed by atoms with Gasteiger partial charge in [-0.25, -0.2) is 4.39 Å². The number of halogens is 2. The Bertz CT molecular complexity index is 823. The third kappa shape index (κ3) is 4.49. The van der Waals surface area contributed by atoms with Crippen LogP contribution in [0.5, 0.6) is 0 Å². The number of carbonyl (C=O) groups excluding carboxylic acids is 1. The zero-order valence-corrected chi connectivity index (χ0v) is 16.1. The Hall–Kier alpha value is -1.04. The Morgan fingerprint density at radius 1 is 1.35 bits per heavy atom. The zero-order valence-electron chi connectivity index (χ0n) is 11.5. The van der Waals surface area contributed by atoms with Crippen molar-refractivity contribution in [2.75, 3.05) is 5.32 Å². The maximum Gasteiger partial charge on any atom is 0.258 e. The van der Waals surface area contributed by atoms with Gasteiger partial charge in [0.2, 0.25) is 5.13 Å². The van der Waals surface area contributed by atoms with Gasteiger partial charge in [0.25, 0.3) is 5.91 Å². The first-order chi connectivity index (χ1) is 11.1. The first-order valence-electron chi connectivity index (χ1n) is 6.37. The van der Waals surface area contributed by atoms with E-state index in [0.29, 0.717) is 14.3 Å². The molecule has 3 aromatic rings. The van der Waals surface area contributed by atoms with E-state index in [2.05, 4.69) is 21.6 Å². The molecule has 0 saturated carbocycles. The molecular weight excluding hydrogens is 468 g/mol. The predicted octanol–water partition coefficient (Wildman–Crippen LogP) is 4.89. The van der Waals surface area contributed by atoms with E-state index in [0.717, 1.165) is 10.1 Å². The lowest BCUT2D eigenvalue weighted by atomic mass is 10.2. The zero-order chi connectivity index (χ0) is 16.2. The summed E-state index contributed by atoms with van der Waals surface area (Å²) in [5, 5.41) is 13.2. The highest BCUT2D eigenvalue weighted by atomic mass is 127. The molecule has 0 aliphatic carbocycles. The van der Waals surface area contributed by atoms with E-state index < -0.39 is 0 Å². The smallest absolute Gasteiger partial charge is 0.258 e. The van der Waals surface area contributed by atoms with Crippen molar-refractivity contribution in [2.45, 2.75) is 10.1 Å². The number of carbonyl (C=O) groups is 1. The van der Waals surface area contributed by atoms with Crippen LogP contribution in [0.1, 0.15) is 15.2 Å². The molecule has 2 aromatic heterocycles. The van der Waals surface area contributed by atoms with Gasteiger partial charge in [-0.3, -0.25) is 10.1 Å². The Morgan fingerprint density at radius 3 is 2.96 bits per heavy atom. The van der Waals surface area contributed by atoms with Gasteiger partial charge < -0.3 is 0 Å². The van der Waals surface area contributed by atoms with Crippen LogP contribution in [-0.4, -0.2) is 16.1 Å². The van der Waals surface area contributed by atoms with Gasteiger partial charge in [-0.05, 0) is 52.2 Å². The van der Waals surface area contributed by atoms with Gasteiger partial charge in [-0.1, -0.05) is 29.2 Å². The summed E-state index contributed by atoms with van der Waals surface area (Å²) in [6.07, 6.45) is 0. The van der Waals surface area contributed by atoms with Crippen LogP contribution < -0.4 is 5.32 Å². The SMILES string of the molecule is O=C(Nc1nnc(SCc2cccs2)s1)c1ccc(F)cc1I. The van der Waals surface area contributed by atoms with Crippen LogP contribution in [0.2, 0.25) is 0 Å². The van der Waals surface area contributed by atoms with Crippen molar-refractivity contribution >= 4 is 68.1 Å². The molecule has 0 unspecified atom stereocenters. The number of anilines is 1. The number of hydrogen-bond donors (Lipinski definition) is 1. The Kier molecular flexibility index (Phi) is 5.62. The van der Waals surface area contributed by atoms with E-state index >= 15 is 0 Å². The molecule has 0 fully saturated rings. The molecule has 0 spiro atoms. The number of amides is 1. The van der Waals surface area contributed by atoms with Crippen molar-refractivity contribution in [1.82, 2.24) is 10.2 Å². The first-order valence-corrected chi connectivity index (χ1v) is 10.1. The van der Waals surface area contributed by atoms with Crippen LogP contribution in [0.3, 0.4) is 0 Å². The largest absolute Gasteiger partial charge is 0.296 e. The van der Waals surface area contributed by atoms with Gasteiger partial charge in [0.15, 0.2) is 4.34 Å². The van der Waals surface area contributed by atoms with Crippen molar-refractivity contribution in [2.24, 2.45) is 0 Å².